The van der Waals surface area contributed by atoms with Gasteiger partial charge in [-0.1, -0.05) is 6.07 Å². The molecule has 2 rings (SSSR count). The molecule has 2 aromatic carbocycles. The quantitative estimate of drug-likeness (QED) is 0.914. The summed E-state index contributed by atoms with van der Waals surface area (Å²) < 4.78 is 47.3. The molecule has 2 aromatic rings. The molecule has 0 aliphatic rings. The molecule has 0 atom stereocenters. The van der Waals surface area contributed by atoms with Gasteiger partial charge in [0.2, 0.25) is 0 Å². The van der Waals surface area contributed by atoms with Crippen LogP contribution in [0, 0.1) is 13.8 Å². The van der Waals surface area contributed by atoms with E-state index in [0.717, 1.165) is 29.3 Å². The van der Waals surface area contributed by atoms with Crippen molar-refractivity contribution in [1.29, 1.82) is 0 Å². The highest BCUT2D eigenvalue weighted by Crippen LogP contribution is 2.28. The Kier molecular flexibility index (Phi) is 4.54. The Morgan fingerprint density at radius 1 is 0.783 bits per heavy atom. The number of hydrogen-bond donors (Lipinski definition) is 1. The first-order valence-corrected chi connectivity index (χ1v) is 10.7. The van der Waals surface area contributed by atoms with E-state index in [1.807, 2.05) is 32.0 Å². The van der Waals surface area contributed by atoms with Crippen molar-refractivity contribution in [2.24, 2.45) is 0 Å². The van der Waals surface area contributed by atoms with Gasteiger partial charge in [0, 0.05) is 18.2 Å². The molecule has 7 heteroatoms. The van der Waals surface area contributed by atoms with Crippen molar-refractivity contribution in [3.8, 4) is 0 Å². The Bertz CT molecular complexity index is 962. The van der Waals surface area contributed by atoms with E-state index in [-0.39, 0.29) is 9.79 Å². The van der Waals surface area contributed by atoms with E-state index < -0.39 is 19.7 Å². The minimum absolute atomic E-state index is 0.0245. The molecule has 0 aliphatic heterocycles. The van der Waals surface area contributed by atoms with Crippen LogP contribution in [0.3, 0.4) is 0 Å². The monoisotopic (exact) mass is 353 g/mol. The second-order valence-electron chi connectivity index (χ2n) is 5.63. The molecule has 0 amide bonds. The van der Waals surface area contributed by atoms with Crippen molar-refractivity contribution in [2.45, 2.75) is 23.6 Å². The van der Waals surface area contributed by atoms with E-state index in [2.05, 4.69) is 5.32 Å². The Balaban J connectivity index is 2.56. The van der Waals surface area contributed by atoms with Crippen LogP contribution in [0.4, 0.5) is 11.4 Å². The number of aryl methyl sites for hydroxylation is 2. The highest BCUT2D eigenvalue weighted by molar-refractivity contribution is 7.91. The third-order valence-corrected chi connectivity index (χ3v) is 5.81. The molecule has 0 spiro atoms. The molecule has 0 aliphatic carbocycles. The molecular weight excluding hydrogens is 334 g/mol. The maximum Gasteiger partial charge on any atom is 0.177 e. The van der Waals surface area contributed by atoms with Crippen molar-refractivity contribution in [1.82, 2.24) is 0 Å². The van der Waals surface area contributed by atoms with Crippen molar-refractivity contribution >= 4 is 31.0 Å². The van der Waals surface area contributed by atoms with Gasteiger partial charge in [-0.05, 0) is 55.3 Å². The van der Waals surface area contributed by atoms with Gasteiger partial charge in [0.1, 0.15) is 0 Å². The van der Waals surface area contributed by atoms with E-state index >= 15 is 0 Å². The summed E-state index contributed by atoms with van der Waals surface area (Å²) in [4.78, 5) is -0.0674. The smallest absolute Gasteiger partial charge is 0.177 e. The summed E-state index contributed by atoms with van der Waals surface area (Å²) in [6.07, 6.45) is 2.10. The standard InChI is InChI=1S/C16H19NO4S2/c1-11-5-6-13(9-12(11)2)17-15-8-7-14(22(3,18)19)10-16(15)23(4,20)21/h5-10,17H,1-4H3. The first-order chi connectivity index (χ1) is 10.5. The Morgan fingerprint density at radius 3 is 1.96 bits per heavy atom. The van der Waals surface area contributed by atoms with Gasteiger partial charge in [-0.3, -0.25) is 0 Å². The topological polar surface area (TPSA) is 80.3 Å². The maximum atomic E-state index is 12.0. The fourth-order valence-corrected chi connectivity index (χ4v) is 3.70. The Hall–Kier alpha value is -1.86. The van der Waals surface area contributed by atoms with Crippen molar-refractivity contribution in [3.05, 3.63) is 47.5 Å². The van der Waals surface area contributed by atoms with E-state index in [1.54, 1.807) is 0 Å². The lowest BCUT2D eigenvalue weighted by Crippen LogP contribution is -2.06. The van der Waals surface area contributed by atoms with E-state index in [0.29, 0.717) is 5.69 Å². The molecule has 124 valence electrons. The highest BCUT2D eigenvalue weighted by Gasteiger charge is 2.18. The Morgan fingerprint density at radius 2 is 1.43 bits per heavy atom. The number of rotatable bonds is 4. The van der Waals surface area contributed by atoms with Crippen molar-refractivity contribution in [3.63, 3.8) is 0 Å². The summed E-state index contributed by atoms with van der Waals surface area (Å²) >= 11 is 0. The summed E-state index contributed by atoms with van der Waals surface area (Å²) in [5.74, 6) is 0. The molecule has 0 radical (unpaired) electrons. The summed E-state index contributed by atoms with van der Waals surface area (Å²) in [7, 11) is -7.06. The molecule has 0 saturated heterocycles. The third-order valence-electron chi connectivity index (χ3n) is 3.57. The lowest BCUT2D eigenvalue weighted by Gasteiger charge is -2.13. The molecule has 0 saturated carbocycles. The van der Waals surface area contributed by atoms with E-state index in [1.165, 1.54) is 18.2 Å². The zero-order chi connectivity index (χ0) is 17.4. The molecule has 0 fully saturated rings. The van der Waals surface area contributed by atoms with Gasteiger partial charge < -0.3 is 5.32 Å². The second-order valence-corrected chi connectivity index (χ2v) is 9.63. The SMILES string of the molecule is Cc1ccc(Nc2ccc(S(C)(=O)=O)cc2S(C)(=O)=O)cc1C. The van der Waals surface area contributed by atoms with Gasteiger partial charge in [0.25, 0.3) is 0 Å². The largest absolute Gasteiger partial charge is 0.354 e. The van der Waals surface area contributed by atoms with Crippen LogP contribution in [0.25, 0.3) is 0 Å². The third kappa shape index (κ3) is 4.11. The van der Waals surface area contributed by atoms with E-state index in [4.69, 9.17) is 0 Å². The zero-order valence-corrected chi connectivity index (χ0v) is 15.0. The van der Waals surface area contributed by atoms with Crippen LogP contribution in [-0.2, 0) is 19.7 Å². The molecule has 1 N–H and O–H groups in total. The number of sulfone groups is 2. The fourth-order valence-electron chi connectivity index (χ4n) is 2.12. The number of hydrogen-bond acceptors (Lipinski definition) is 5. The molecule has 23 heavy (non-hydrogen) atoms. The average Bonchev–Trinajstić information content (AvgIpc) is 2.41. The Labute approximate surface area is 137 Å². The van der Waals surface area contributed by atoms with Crippen LogP contribution in [0.1, 0.15) is 11.1 Å². The van der Waals surface area contributed by atoms with Crippen LogP contribution in [0.15, 0.2) is 46.2 Å². The lowest BCUT2D eigenvalue weighted by molar-refractivity contribution is 0.600. The number of anilines is 2. The van der Waals surface area contributed by atoms with Gasteiger partial charge >= 0.3 is 0 Å². The van der Waals surface area contributed by atoms with Gasteiger partial charge in [0.15, 0.2) is 19.7 Å². The van der Waals surface area contributed by atoms with Crippen LogP contribution < -0.4 is 5.32 Å². The lowest BCUT2D eigenvalue weighted by atomic mass is 10.1. The van der Waals surface area contributed by atoms with Crippen LogP contribution in [-0.4, -0.2) is 29.3 Å². The number of nitrogens with one attached hydrogen (secondary N) is 1. The first-order valence-electron chi connectivity index (χ1n) is 6.87. The molecule has 0 bridgehead atoms. The molecule has 0 unspecified atom stereocenters. The summed E-state index contributed by atoms with van der Waals surface area (Å²) in [6, 6.07) is 9.75. The summed E-state index contributed by atoms with van der Waals surface area (Å²) in [5.41, 5.74) is 3.29. The molecule has 5 nitrogen and oxygen atoms in total. The minimum atomic E-state index is -3.58. The normalized spacial score (nSPS) is 12.2. The van der Waals surface area contributed by atoms with Crippen LogP contribution >= 0.6 is 0 Å². The molecular formula is C16H19NO4S2. The van der Waals surface area contributed by atoms with Gasteiger partial charge in [-0.15, -0.1) is 0 Å². The maximum absolute atomic E-state index is 12.0. The zero-order valence-electron chi connectivity index (χ0n) is 13.4. The summed E-state index contributed by atoms with van der Waals surface area (Å²) in [6.45, 7) is 3.95. The van der Waals surface area contributed by atoms with Crippen LogP contribution in [0.5, 0.6) is 0 Å². The van der Waals surface area contributed by atoms with Crippen molar-refractivity contribution in [2.75, 3.05) is 17.8 Å². The molecule has 0 heterocycles. The first kappa shape index (κ1) is 17.5. The minimum Gasteiger partial charge on any atom is -0.354 e. The molecule has 0 aromatic heterocycles. The average molecular weight is 353 g/mol. The van der Waals surface area contributed by atoms with Crippen molar-refractivity contribution < 1.29 is 16.8 Å². The highest BCUT2D eigenvalue weighted by atomic mass is 32.2. The van der Waals surface area contributed by atoms with Gasteiger partial charge in [0.05, 0.1) is 15.5 Å². The van der Waals surface area contributed by atoms with Gasteiger partial charge in [-0.2, -0.15) is 0 Å². The van der Waals surface area contributed by atoms with Gasteiger partial charge in [-0.25, -0.2) is 16.8 Å². The van der Waals surface area contributed by atoms with E-state index in [9.17, 15) is 16.8 Å². The fraction of sp³-hybridized carbons (Fsp3) is 0.250. The second kappa shape index (κ2) is 5.98. The number of benzene rings is 2. The predicted molar refractivity (Wildman–Crippen MR) is 91.9 cm³/mol. The van der Waals surface area contributed by atoms with Crippen LogP contribution in [0.2, 0.25) is 0 Å². The predicted octanol–water partition coefficient (Wildman–Crippen LogP) is 2.85. The summed E-state index contributed by atoms with van der Waals surface area (Å²) in [5, 5.41) is 3.05.